The number of benzene rings is 6. The number of nitrogens with zero attached hydrogens (tertiary/aromatic N) is 15. The number of rotatable bonds is 24. The SMILES string of the molecule is CCNC(=O)Nc1ncnc2c1ncn2C1OC(COc2ncccc2C(=O)O)C2OC(c3ccccc3Br)OC21.O=C(Nc1ccccc1)Nc1ncnc2c1ncn2C1OC(COc2ncccc2C(=O)O)C2OC(c3ccc4ccccc4c3)OC21.O=C(Nc1ccccc1)Nc1ncnc2c1ncn2C1OC(COc2ncccc2C(=O)O)C2OC(c3csc4ccccc34)OC21. The largest absolute Gasteiger partial charge is 0.477 e. The lowest BCUT2D eigenvalue weighted by molar-refractivity contribution is -0.152. The highest BCUT2D eigenvalue weighted by Gasteiger charge is 2.58. The topological polar surface area (TPSA) is 516 Å². The van der Waals surface area contributed by atoms with Gasteiger partial charge in [0.15, 0.2) is 88.5 Å². The van der Waals surface area contributed by atoms with Gasteiger partial charge in [-0.15, -0.1) is 11.3 Å². The van der Waals surface area contributed by atoms with Crippen LogP contribution in [0, 0.1) is 0 Å². The lowest BCUT2D eigenvalue weighted by atomic mass is 10.1. The van der Waals surface area contributed by atoms with Gasteiger partial charge >= 0.3 is 36.0 Å². The summed E-state index contributed by atoms with van der Waals surface area (Å²) in [6.07, 6.45) is 2.80. The molecule has 0 radical (unpaired) electrons. The van der Waals surface area contributed by atoms with Crippen LogP contribution in [0.15, 0.2) is 254 Å². The molecule has 6 amide bonds. The number of anilines is 5. The molecule has 0 saturated carbocycles. The number of ether oxygens (including phenoxy) is 12. The van der Waals surface area contributed by atoms with E-state index in [4.69, 9.17) is 56.8 Å². The van der Waals surface area contributed by atoms with Crippen molar-refractivity contribution in [2.45, 2.75) is 99.4 Å². The summed E-state index contributed by atoms with van der Waals surface area (Å²) in [7, 11) is 0. The quantitative estimate of drug-likeness (QED) is 0.0271. The second-order valence-corrected chi connectivity index (χ2v) is 32.8. The van der Waals surface area contributed by atoms with Crippen molar-refractivity contribution in [2.24, 2.45) is 0 Å². The molecule has 44 heteroatoms. The van der Waals surface area contributed by atoms with Gasteiger partial charge in [-0.05, 0) is 96.6 Å². The molecule has 16 heterocycles. The number of carboxylic acid groups (broad SMARTS) is 3. The summed E-state index contributed by atoms with van der Waals surface area (Å²) in [6.45, 7) is 2.05. The molecule has 15 unspecified atom stereocenters. The fourth-order valence-corrected chi connectivity index (χ4v) is 17.9. The Morgan fingerprint density at radius 1 is 0.390 bits per heavy atom. The van der Waals surface area contributed by atoms with Crippen LogP contribution in [0.1, 0.15) is 92.2 Å². The zero-order valence-electron chi connectivity index (χ0n) is 70.8. The Balaban J connectivity index is 0.000000127. The number of carbonyl (C=O) groups excluding carboxylic acids is 3. The number of fused-ring (bicyclic) bond motifs is 8. The van der Waals surface area contributed by atoms with Crippen LogP contribution in [0.2, 0.25) is 0 Å². The molecule has 15 atom stereocenters. The molecule has 0 spiro atoms. The third-order valence-electron chi connectivity index (χ3n) is 22.7. The van der Waals surface area contributed by atoms with Crippen molar-refractivity contribution in [1.29, 1.82) is 0 Å². The van der Waals surface area contributed by atoms with Crippen molar-refractivity contribution in [3.8, 4) is 17.6 Å². The molecule has 10 aromatic heterocycles. The zero-order valence-corrected chi connectivity index (χ0v) is 73.2. The predicted molar refractivity (Wildman–Crippen MR) is 486 cm³/mol. The predicted octanol–water partition coefficient (Wildman–Crippen LogP) is 13.7. The number of thiophene rings is 1. The first-order valence-electron chi connectivity index (χ1n) is 42.3. The summed E-state index contributed by atoms with van der Waals surface area (Å²) in [5.41, 5.74) is 5.76. The van der Waals surface area contributed by atoms with E-state index >= 15 is 0 Å². The first-order chi connectivity index (χ1) is 66.5. The fraction of sp³-hybridized carbons (Fsp3) is 0.217. The van der Waals surface area contributed by atoms with Gasteiger partial charge in [-0.3, -0.25) is 29.7 Å². The van der Waals surface area contributed by atoms with E-state index < -0.39 is 128 Å². The standard InChI is InChI=1S/C34H27N7O7.C32H25N7O7S.C26H24BrN7O7/c42-32(43)23-11-6-14-35-30(23)45-16-24-26-27(48-33(47-26)21-13-12-19-7-4-5-8-20(19)15-21)31(46-24)41-18-38-25-28(36-17-37-29(25)41)40-34(44)39-22-9-2-1-3-10-22;40-30(41)19-10-6-12-33-28(19)43-13-21-24-25(46-31(45-24)20-14-47-22-11-5-4-9-18(20)22)29(44-21)39-16-36-23-26(34-15-35-27(23)39)38-32(42)37-17-7-2-1-3-8-17;1-2-28-26(37)33-20-17-21(31-11-30-20)34(12-32-17)23-19-18(40-25(41-19)13-6-3-4-8-15(13)27)16(39-23)10-38-22-14(24(35)36)7-5-9-29-22/h1-15,17-18,24,26-27,31,33H,16H2,(H,42,43)(H2,36,37,39,40,44);1-12,14-16,21,24-25,29,31H,13H2,(H,40,41)(H2,34,35,37,38,42);3-9,11-12,16,18-19,23,25H,2,10H2,1H3,(H,35,36)(H2,28,30,31,33,37). The van der Waals surface area contributed by atoms with Gasteiger partial charge in [-0.25, -0.2) is 88.6 Å². The summed E-state index contributed by atoms with van der Waals surface area (Å²) in [6, 6.07) is 55.0. The molecule has 136 heavy (non-hydrogen) atoms. The van der Waals surface area contributed by atoms with Crippen LogP contribution >= 0.6 is 27.3 Å². The van der Waals surface area contributed by atoms with Crippen LogP contribution in [0.4, 0.5) is 43.2 Å². The highest BCUT2D eigenvalue weighted by Crippen LogP contribution is 2.51. The number of imidazole rings is 3. The fourth-order valence-electron chi connectivity index (χ4n) is 16.5. The third-order valence-corrected chi connectivity index (χ3v) is 24.4. The first-order valence-corrected chi connectivity index (χ1v) is 44.0. The van der Waals surface area contributed by atoms with Crippen LogP contribution in [-0.4, -0.2) is 206 Å². The van der Waals surface area contributed by atoms with Gasteiger partial charge in [0.2, 0.25) is 17.6 Å². The van der Waals surface area contributed by atoms with Gasteiger partial charge in [0, 0.05) is 73.1 Å². The second kappa shape index (κ2) is 38.9. The van der Waals surface area contributed by atoms with Gasteiger partial charge in [-0.2, -0.15) is 0 Å². The third kappa shape index (κ3) is 18.2. The number of hydrogen-bond acceptors (Lipinski definition) is 31. The summed E-state index contributed by atoms with van der Waals surface area (Å²) in [5.74, 6) is -2.94. The minimum atomic E-state index is -1.16. The summed E-state index contributed by atoms with van der Waals surface area (Å²) < 4.78 is 82.7. The Morgan fingerprint density at radius 3 is 1.24 bits per heavy atom. The second-order valence-electron chi connectivity index (χ2n) is 31.0. The molecular weight excluding hydrogens is 1850 g/mol. The Labute approximate surface area is 779 Å². The number of carbonyl (C=O) groups is 6. The van der Waals surface area contributed by atoms with Crippen molar-refractivity contribution in [3.63, 3.8) is 0 Å². The van der Waals surface area contributed by atoms with Crippen molar-refractivity contribution < 1.29 is 101 Å². The number of nitrogens with one attached hydrogen (secondary N) is 6. The molecule has 16 aromatic rings. The van der Waals surface area contributed by atoms with Gasteiger partial charge in [-0.1, -0.05) is 125 Å². The number of carboxylic acids is 3. The number of amides is 6. The van der Waals surface area contributed by atoms with Gasteiger partial charge in [0.1, 0.15) is 110 Å². The minimum absolute atomic E-state index is 0.0341. The Morgan fingerprint density at radius 2 is 0.787 bits per heavy atom. The molecule has 0 aliphatic carbocycles. The van der Waals surface area contributed by atoms with Gasteiger partial charge in [0.05, 0.1) is 19.0 Å². The monoisotopic (exact) mass is 1920 g/mol. The average molecular weight is 1920 g/mol. The Kier molecular flexibility index (Phi) is 25.3. The number of aromatic carboxylic acids is 3. The van der Waals surface area contributed by atoms with E-state index in [0.717, 1.165) is 42.0 Å². The van der Waals surface area contributed by atoms with Crippen molar-refractivity contribution in [2.75, 3.05) is 52.9 Å². The van der Waals surface area contributed by atoms with E-state index in [1.54, 1.807) is 68.9 Å². The lowest BCUT2D eigenvalue weighted by Crippen LogP contribution is -2.33. The highest BCUT2D eigenvalue weighted by atomic mass is 79.9. The number of halogens is 1. The van der Waals surface area contributed by atoms with E-state index in [0.29, 0.717) is 51.4 Å². The normalized spacial score (nSPS) is 22.2. The Hall–Kier alpha value is -15.6. The summed E-state index contributed by atoms with van der Waals surface area (Å²) in [5, 5.41) is 50.2. The first kappa shape index (κ1) is 88.3. The van der Waals surface area contributed by atoms with E-state index in [1.165, 1.54) is 80.3 Å². The van der Waals surface area contributed by atoms with E-state index in [1.807, 2.05) is 133 Å². The van der Waals surface area contributed by atoms with E-state index in [2.05, 4.69) is 108 Å². The number of hydrogen-bond donors (Lipinski definition) is 9. The van der Waals surface area contributed by atoms with Gasteiger partial charge < -0.3 is 88.1 Å². The summed E-state index contributed by atoms with van der Waals surface area (Å²) >= 11 is 5.15. The average Bonchev–Trinajstić information content (AvgIpc) is 1.59. The minimum Gasteiger partial charge on any atom is -0.477 e. The molecule has 688 valence electrons. The highest BCUT2D eigenvalue weighted by molar-refractivity contribution is 9.10. The van der Waals surface area contributed by atoms with Crippen molar-refractivity contribution >= 4 is 146 Å². The van der Waals surface area contributed by atoms with Gasteiger partial charge in [0.25, 0.3) is 0 Å². The molecule has 6 aliphatic rings. The Bertz CT molecular complexity index is 7180. The molecule has 6 saturated heterocycles. The number of pyridine rings is 3. The maximum absolute atomic E-state index is 12.8. The van der Waals surface area contributed by atoms with Crippen LogP contribution in [-0.2, 0) is 42.6 Å². The summed E-state index contributed by atoms with van der Waals surface area (Å²) in [4.78, 5) is 124. The zero-order chi connectivity index (χ0) is 93.0. The number of para-hydroxylation sites is 2. The number of urea groups is 3. The number of aromatic nitrogens is 15. The van der Waals surface area contributed by atoms with E-state index in [-0.39, 0.29) is 71.6 Å². The van der Waals surface area contributed by atoms with Crippen LogP contribution in [0.25, 0.3) is 54.4 Å². The van der Waals surface area contributed by atoms with Crippen LogP contribution in [0.3, 0.4) is 0 Å². The maximum atomic E-state index is 12.8. The van der Waals surface area contributed by atoms with Crippen molar-refractivity contribution in [1.82, 2.24) is 78.8 Å². The van der Waals surface area contributed by atoms with E-state index in [9.17, 15) is 44.1 Å². The molecule has 22 rings (SSSR count). The molecule has 6 fully saturated rings. The molecule has 0 bridgehead atoms. The molecule has 42 nitrogen and oxygen atoms in total. The van der Waals surface area contributed by atoms with Crippen molar-refractivity contribution in [3.05, 3.63) is 288 Å². The van der Waals surface area contributed by atoms with Crippen LogP contribution in [0.5, 0.6) is 17.6 Å². The maximum Gasteiger partial charge on any atom is 0.341 e. The molecule has 9 N–H and O–H groups in total. The molecule has 6 aliphatic heterocycles. The smallest absolute Gasteiger partial charge is 0.341 e. The van der Waals surface area contributed by atoms with Crippen LogP contribution < -0.4 is 46.1 Å². The molecular formula is C92H76BrN21O21S. The lowest BCUT2D eigenvalue weighted by Gasteiger charge is -2.22. The molecule has 6 aromatic carbocycles.